The molecule has 2 atom stereocenters. The highest BCUT2D eigenvalue weighted by atomic mass is 32.1. The second-order valence-corrected chi connectivity index (χ2v) is 6.23. The fourth-order valence-corrected chi connectivity index (χ4v) is 3.00. The lowest BCUT2D eigenvalue weighted by molar-refractivity contribution is 0.0780. The second-order valence-electron chi connectivity index (χ2n) is 5.72. The van der Waals surface area contributed by atoms with Crippen molar-refractivity contribution in [2.45, 2.75) is 24.8 Å². The lowest BCUT2D eigenvalue weighted by Crippen LogP contribution is -2.36. The van der Waals surface area contributed by atoms with E-state index in [1.807, 2.05) is 30.0 Å². The van der Waals surface area contributed by atoms with Crippen LogP contribution >= 0.6 is 12.6 Å². The Hall–Kier alpha value is -1.00. The Morgan fingerprint density at radius 2 is 2.05 bits per heavy atom. The number of hydrogen-bond donors (Lipinski definition) is 1. The Labute approximate surface area is 121 Å². The highest BCUT2D eigenvalue weighted by Crippen LogP contribution is 2.23. The van der Waals surface area contributed by atoms with Crippen LogP contribution in [0.5, 0.6) is 0 Å². The Bertz CT molecular complexity index is 487. The lowest BCUT2D eigenvalue weighted by atomic mass is 10.1. The molecular weight excluding hydrogens is 256 g/mol. The summed E-state index contributed by atoms with van der Waals surface area (Å²) in [6, 6.07) is 6.20. The number of carbonyl (C=O) groups excluding carboxylic acids is 1. The van der Waals surface area contributed by atoms with Crippen molar-refractivity contribution in [2.75, 3.05) is 27.2 Å². The van der Waals surface area contributed by atoms with Crippen molar-refractivity contribution in [2.24, 2.45) is 5.92 Å². The van der Waals surface area contributed by atoms with Gasteiger partial charge in [-0.15, -0.1) is 12.6 Å². The van der Waals surface area contributed by atoms with E-state index in [4.69, 9.17) is 0 Å². The Kier molecular flexibility index (Phi) is 4.21. The van der Waals surface area contributed by atoms with E-state index in [0.29, 0.717) is 12.0 Å². The van der Waals surface area contributed by atoms with E-state index < -0.39 is 0 Å². The van der Waals surface area contributed by atoms with Crippen LogP contribution in [0.1, 0.15) is 22.8 Å². The summed E-state index contributed by atoms with van der Waals surface area (Å²) in [5.74, 6) is 0.642. The highest BCUT2D eigenvalue weighted by Gasteiger charge is 2.34. The molecule has 0 saturated carbocycles. The van der Waals surface area contributed by atoms with E-state index in [1.54, 1.807) is 0 Å². The largest absolute Gasteiger partial charge is 0.337 e. The minimum atomic E-state index is 0.129. The molecule has 0 N–H and O–H groups in total. The van der Waals surface area contributed by atoms with Crippen LogP contribution < -0.4 is 0 Å². The maximum absolute atomic E-state index is 12.6. The summed E-state index contributed by atoms with van der Waals surface area (Å²) < 4.78 is 0. The van der Waals surface area contributed by atoms with Gasteiger partial charge in [-0.3, -0.25) is 4.79 Å². The van der Waals surface area contributed by atoms with Gasteiger partial charge in [-0.25, -0.2) is 0 Å². The van der Waals surface area contributed by atoms with Crippen LogP contribution in [0.2, 0.25) is 0 Å². The molecule has 3 nitrogen and oxygen atoms in total. The molecule has 2 unspecified atom stereocenters. The van der Waals surface area contributed by atoms with Gasteiger partial charge in [0.15, 0.2) is 0 Å². The number of benzene rings is 1. The molecule has 1 aliphatic heterocycles. The molecular formula is C15H22N2OS. The second kappa shape index (κ2) is 5.55. The third-order valence-corrected chi connectivity index (χ3v) is 4.25. The minimum absolute atomic E-state index is 0.129. The third-order valence-electron chi connectivity index (χ3n) is 3.97. The minimum Gasteiger partial charge on any atom is -0.337 e. The van der Waals surface area contributed by atoms with Gasteiger partial charge in [-0.05, 0) is 44.6 Å². The Morgan fingerprint density at radius 3 is 2.63 bits per heavy atom. The zero-order valence-electron chi connectivity index (χ0n) is 12.1. The fourth-order valence-electron chi connectivity index (χ4n) is 2.80. The van der Waals surface area contributed by atoms with Gasteiger partial charge >= 0.3 is 0 Å². The van der Waals surface area contributed by atoms with Crippen LogP contribution in [0.3, 0.4) is 0 Å². The summed E-state index contributed by atoms with van der Waals surface area (Å²) >= 11 is 4.33. The maximum Gasteiger partial charge on any atom is 0.254 e. The van der Waals surface area contributed by atoms with Gasteiger partial charge in [-0.2, -0.15) is 0 Å². The summed E-state index contributed by atoms with van der Waals surface area (Å²) in [7, 11) is 4.16. The molecule has 2 rings (SSSR count). The summed E-state index contributed by atoms with van der Waals surface area (Å²) in [5.41, 5.74) is 1.79. The quantitative estimate of drug-likeness (QED) is 0.839. The lowest BCUT2D eigenvalue weighted by Gasteiger charge is -2.22. The number of hydrogen-bond acceptors (Lipinski definition) is 3. The Balaban J connectivity index is 2.19. The van der Waals surface area contributed by atoms with Crippen molar-refractivity contribution < 1.29 is 4.79 Å². The number of thiol groups is 1. The standard InChI is InChI=1S/C15H22N2OS/c1-10-5-6-12(19)7-13(10)15(18)17-8-11(2)14(9-17)16(3)4/h5-7,11,14,19H,8-9H2,1-4H3. The number of aryl methyl sites for hydroxylation is 1. The van der Waals surface area contributed by atoms with E-state index in [2.05, 4.69) is 38.5 Å². The number of rotatable bonds is 2. The molecule has 4 heteroatoms. The first-order chi connectivity index (χ1) is 8.90. The monoisotopic (exact) mass is 278 g/mol. The van der Waals surface area contributed by atoms with Gasteiger partial charge in [0.05, 0.1) is 0 Å². The van der Waals surface area contributed by atoms with E-state index in [1.165, 1.54) is 0 Å². The predicted octanol–water partition coefficient (Wildman–Crippen LogP) is 2.31. The summed E-state index contributed by atoms with van der Waals surface area (Å²) in [4.78, 5) is 17.6. The zero-order chi connectivity index (χ0) is 14.2. The van der Waals surface area contributed by atoms with Crippen LogP contribution in [0.4, 0.5) is 0 Å². The molecule has 1 amide bonds. The molecule has 1 aromatic carbocycles. The highest BCUT2D eigenvalue weighted by molar-refractivity contribution is 7.80. The topological polar surface area (TPSA) is 23.6 Å². The average molecular weight is 278 g/mol. The molecule has 1 aliphatic rings. The van der Waals surface area contributed by atoms with Crippen molar-refractivity contribution in [1.29, 1.82) is 0 Å². The summed E-state index contributed by atoms with van der Waals surface area (Å²) in [6.45, 7) is 5.82. The summed E-state index contributed by atoms with van der Waals surface area (Å²) in [5, 5.41) is 0. The van der Waals surface area contributed by atoms with Crippen LogP contribution in [0.25, 0.3) is 0 Å². The first kappa shape index (κ1) is 14.4. The van der Waals surface area contributed by atoms with Gasteiger partial charge in [0.25, 0.3) is 5.91 Å². The average Bonchev–Trinajstić information content (AvgIpc) is 2.74. The fraction of sp³-hybridized carbons (Fsp3) is 0.533. The smallest absolute Gasteiger partial charge is 0.254 e. The van der Waals surface area contributed by atoms with Gasteiger partial charge in [-0.1, -0.05) is 13.0 Å². The van der Waals surface area contributed by atoms with Crippen LogP contribution in [-0.4, -0.2) is 48.9 Å². The van der Waals surface area contributed by atoms with Crippen molar-refractivity contribution >= 4 is 18.5 Å². The molecule has 0 bridgehead atoms. The summed E-state index contributed by atoms with van der Waals surface area (Å²) in [6.07, 6.45) is 0. The number of carbonyl (C=O) groups is 1. The number of nitrogens with zero attached hydrogens (tertiary/aromatic N) is 2. The maximum atomic E-state index is 12.6. The molecule has 1 saturated heterocycles. The molecule has 0 radical (unpaired) electrons. The molecule has 1 fully saturated rings. The van der Waals surface area contributed by atoms with Crippen LogP contribution in [0, 0.1) is 12.8 Å². The molecule has 1 heterocycles. The third kappa shape index (κ3) is 2.95. The first-order valence-corrected chi connectivity index (χ1v) is 7.10. The molecule has 19 heavy (non-hydrogen) atoms. The van der Waals surface area contributed by atoms with Gasteiger partial charge in [0, 0.05) is 29.6 Å². The predicted molar refractivity (Wildman–Crippen MR) is 81.0 cm³/mol. The van der Waals surface area contributed by atoms with Crippen LogP contribution in [0.15, 0.2) is 23.1 Å². The van der Waals surface area contributed by atoms with E-state index in [-0.39, 0.29) is 5.91 Å². The zero-order valence-corrected chi connectivity index (χ0v) is 12.9. The van der Waals surface area contributed by atoms with Crippen LogP contribution in [-0.2, 0) is 0 Å². The molecule has 0 aromatic heterocycles. The normalized spacial score (nSPS) is 23.2. The number of amides is 1. The van der Waals surface area contributed by atoms with Crippen molar-refractivity contribution in [3.8, 4) is 0 Å². The van der Waals surface area contributed by atoms with Gasteiger partial charge in [0.2, 0.25) is 0 Å². The number of likely N-dealkylation sites (N-methyl/N-ethyl adjacent to an activating group) is 1. The molecule has 0 aliphatic carbocycles. The van der Waals surface area contributed by atoms with Gasteiger partial charge in [0.1, 0.15) is 0 Å². The van der Waals surface area contributed by atoms with Crippen molar-refractivity contribution in [1.82, 2.24) is 9.80 Å². The SMILES string of the molecule is Cc1ccc(S)cc1C(=O)N1CC(C)C(N(C)C)C1. The van der Waals surface area contributed by atoms with E-state index >= 15 is 0 Å². The molecule has 104 valence electrons. The molecule has 1 aromatic rings. The van der Waals surface area contributed by atoms with E-state index in [9.17, 15) is 4.79 Å². The number of likely N-dealkylation sites (tertiary alicyclic amines) is 1. The molecule has 0 spiro atoms. The van der Waals surface area contributed by atoms with Crippen molar-refractivity contribution in [3.05, 3.63) is 29.3 Å². The van der Waals surface area contributed by atoms with Gasteiger partial charge < -0.3 is 9.80 Å². The van der Waals surface area contributed by atoms with E-state index in [0.717, 1.165) is 29.1 Å². The van der Waals surface area contributed by atoms with Crippen molar-refractivity contribution in [3.63, 3.8) is 0 Å². The first-order valence-electron chi connectivity index (χ1n) is 6.65. The Morgan fingerprint density at radius 1 is 1.37 bits per heavy atom.